The number of benzene rings is 1. The Morgan fingerprint density at radius 2 is 2.06 bits per heavy atom. The van der Waals surface area contributed by atoms with Crippen molar-refractivity contribution in [1.82, 2.24) is 9.78 Å². The van der Waals surface area contributed by atoms with Gasteiger partial charge in [0.2, 0.25) is 0 Å². The highest BCUT2D eigenvalue weighted by Crippen LogP contribution is 2.21. The van der Waals surface area contributed by atoms with Gasteiger partial charge in [0.05, 0.1) is 11.4 Å². The maximum absolute atomic E-state index is 11.0. The zero-order valence-corrected chi connectivity index (χ0v) is 10.8. The van der Waals surface area contributed by atoms with Crippen molar-refractivity contribution < 1.29 is 9.90 Å². The van der Waals surface area contributed by atoms with Crippen molar-refractivity contribution in [2.24, 2.45) is 0 Å². The van der Waals surface area contributed by atoms with Gasteiger partial charge in [0.15, 0.2) is 0 Å². The monoisotopic (exact) mass is 294 g/mol. The van der Waals surface area contributed by atoms with Crippen molar-refractivity contribution in [2.45, 2.75) is 13.3 Å². The Bertz CT molecular complexity index is 546. The second-order valence-electron chi connectivity index (χ2n) is 3.58. The standard InChI is InChI=1S/C12H11BrN2O2/c1-2-10-7-11(14-15(10)12(16)17)8-3-5-9(13)6-4-8/h3-7H,2H2,1H3,(H,16,17). The van der Waals surface area contributed by atoms with Crippen molar-refractivity contribution in [1.29, 1.82) is 0 Å². The van der Waals surface area contributed by atoms with Crippen LogP contribution in [0.2, 0.25) is 0 Å². The van der Waals surface area contributed by atoms with Crippen LogP contribution in [0.3, 0.4) is 0 Å². The predicted octanol–water partition coefficient (Wildman–Crippen LogP) is 3.40. The van der Waals surface area contributed by atoms with E-state index in [1.54, 1.807) is 6.07 Å². The summed E-state index contributed by atoms with van der Waals surface area (Å²) < 4.78 is 2.01. The number of hydrogen-bond donors (Lipinski definition) is 1. The van der Waals surface area contributed by atoms with Gasteiger partial charge in [-0.25, -0.2) is 4.79 Å². The number of halogens is 1. The summed E-state index contributed by atoms with van der Waals surface area (Å²) in [5.41, 5.74) is 2.27. The second kappa shape index (κ2) is 4.71. The Labute approximate surface area is 107 Å². The number of carboxylic acid groups (broad SMARTS) is 1. The van der Waals surface area contributed by atoms with E-state index < -0.39 is 6.09 Å². The smallest absolute Gasteiger partial charge is 0.432 e. The molecular weight excluding hydrogens is 284 g/mol. The van der Waals surface area contributed by atoms with Crippen LogP contribution in [0.4, 0.5) is 4.79 Å². The van der Waals surface area contributed by atoms with Gasteiger partial charge in [0.25, 0.3) is 0 Å². The first-order chi connectivity index (χ1) is 8.11. The van der Waals surface area contributed by atoms with Gasteiger partial charge in [-0.05, 0) is 24.6 Å². The molecule has 2 aromatic rings. The normalized spacial score (nSPS) is 10.5. The van der Waals surface area contributed by atoms with Gasteiger partial charge < -0.3 is 5.11 Å². The lowest BCUT2D eigenvalue weighted by molar-refractivity contribution is 0.192. The third kappa shape index (κ3) is 2.39. The summed E-state index contributed by atoms with van der Waals surface area (Å²) in [4.78, 5) is 11.0. The number of hydrogen-bond acceptors (Lipinski definition) is 2. The molecular formula is C12H11BrN2O2. The number of aryl methyl sites for hydroxylation is 1. The second-order valence-corrected chi connectivity index (χ2v) is 4.49. The van der Waals surface area contributed by atoms with Gasteiger partial charge in [0.1, 0.15) is 0 Å². The highest BCUT2D eigenvalue weighted by atomic mass is 79.9. The minimum atomic E-state index is -1.05. The van der Waals surface area contributed by atoms with Crippen LogP contribution < -0.4 is 0 Å². The lowest BCUT2D eigenvalue weighted by Crippen LogP contribution is -2.12. The molecule has 0 aliphatic heterocycles. The molecule has 0 fully saturated rings. The third-order valence-corrected chi connectivity index (χ3v) is 3.00. The van der Waals surface area contributed by atoms with Crippen LogP contribution in [-0.4, -0.2) is 21.0 Å². The molecule has 5 heteroatoms. The first kappa shape index (κ1) is 11.9. The molecule has 17 heavy (non-hydrogen) atoms. The zero-order valence-electron chi connectivity index (χ0n) is 9.22. The highest BCUT2D eigenvalue weighted by Gasteiger charge is 2.12. The van der Waals surface area contributed by atoms with E-state index in [0.717, 1.165) is 14.7 Å². The highest BCUT2D eigenvalue weighted by molar-refractivity contribution is 9.10. The Balaban J connectivity index is 2.46. The van der Waals surface area contributed by atoms with E-state index >= 15 is 0 Å². The van der Waals surface area contributed by atoms with Crippen LogP contribution in [-0.2, 0) is 6.42 Å². The fourth-order valence-corrected chi connectivity index (χ4v) is 1.86. The van der Waals surface area contributed by atoms with Crippen LogP contribution in [0.25, 0.3) is 11.3 Å². The Kier molecular flexibility index (Phi) is 3.28. The van der Waals surface area contributed by atoms with Gasteiger partial charge in [-0.15, -0.1) is 0 Å². The van der Waals surface area contributed by atoms with Crippen molar-refractivity contribution in [3.63, 3.8) is 0 Å². The molecule has 0 bridgehead atoms. The summed E-state index contributed by atoms with van der Waals surface area (Å²) in [6.07, 6.45) is -0.416. The van der Waals surface area contributed by atoms with E-state index in [1.807, 2.05) is 31.2 Å². The van der Waals surface area contributed by atoms with E-state index in [1.165, 1.54) is 0 Å². The zero-order chi connectivity index (χ0) is 12.4. The largest absolute Gasteiger partial charge is 0.463 e. The number of aromatic nitrogens is 2. The summed E-state index contributed by atoms with van der Waals surface area (Å²) in [5, 5.41) is 13.1. The van der Waals surface area contributed by atoms with E-state index in [0.29, 0.717) is 17.8 Å². The molecule has 0 radical (unpaired) electrons. The lowest BCUT2D eigenvalue weighted by atomic mass is 10.1. The van der Waals surface area contributed by atoms with Crippen LogP contribution in [0.15, 0.2) is 34.8 Å². The quantitative estimate of drug-likeness (QED) is 0.923. The van der Waals surface area contributed by atoms with E-state index in [2.05, 4.69) is 21.0 Å². The molecule has 88 valence electrons. The molecule has 0 spiro atoms. The Morgan fingerprint density at radius 1 is 1.41 bits per heavy atom. The maximum atomic E-state index is 11.0. The summed E-state index contributed by atoms with van der Waals surface area (Å²) in [5.74, 6) is 0. The van der Waals surface area contributed by atoms with Crippen molar-refractivity contribution in [3.8, 4) is 11.3 Å². The number of rotatable bonds is 2. The fourth-order valence-electron chi connectivity index (χ4n) is 1.60. The van der Waals surface area contributed by atoms with Crippen LogP contribution >= 0.6 is 15.9 Å². The minimum absolute atomic E-state index is 0.635. The Morgan fingerprint density at radius 3 is 2.53 bits per heavy atom. The fraction of sp³-hybridized carbons (Fsp3) is 0.167. The molecule has 1 aromatic carbocycles. The van der Waals surface area contributed by atoms with Crippen molar-refractivity contribution >= 4 is 22.0 Å². The topological polar surface area (TPSA) is 55.1 Å². The van der Waals surface area contributed by atoms with Gasteiger partial charge in [-0.1, -0.05) is 35.0 Å². The molecule has 0 saturated heterocycles. The van der Waals surface area contributed by atoms with Crippen LogP contribution in [0, 0.1) is 0 Å². The van der Waals surface area contributed by atoms with Crippen molar-refractivity contribution in [2.75, 3.05) is 0 Å². The lowest BCUT2D eigenvalue weighted by Gasteiger charge is -1.97. The van der Waals surface area contributed by atoms with Crippen molar-refractivity contribution in [3.05, 3.63) is 40.5 Å². The average Bonchev–Trinajstić information content (AvgIpc) is 2.74. The van der Waals surface area contributed by atoms with E-state index in [9.17, 15) is 4.79 Å². The van der Waals surface area contributed by atoms with Gasteiger partial charge in [-0.2, -0.15) is 9.78 Å². The van der Waals surface area contributed by atoms with Gasteiger partial charge in [0, 0.05) is 10.0 Å². The third-order valence-electron chi connectivity index (χ3n) is 2.47. The first-order valence-electron chi connectivity index (χ1n) is 5.20. The summed E-state index contributed by atoms with van der Waals surface area (Å²) in [7, 11) is 0. The molecule has 0 unspecified atom stereocenters. The van der Waals surface area contributed by atoms with Crippen LogP contribution in [0.1, 0.15) is 12.6 Å². The molecule has 0 saturated carbocycles. The van der Waals surface area contributed by atoms with Gasteiger partial charge >= 0.3 is 6.09 Å². The molecule has 0 amide bonds. The summed E-state index contributed by atoms with van der Waals surface area (Å²) in [6.45, 7) is 1.90. The Hall–Kier alpha value is -1.62. The number of nitrogens with zero attached hydrogens (tertiary/aromatic N) is 2. The molecule has 2 rings (SSSR count). The minimum Gasteiger partial charge on any atom is -0.463 e. The number of carbonyl (C=O) groups is 1. The molecule has 4 nitrogen and oxygen atoms in total. The summed E-state index contributed by atoms with van der Waals surface area (Å²) >= 11 is 3.35. The molecule has 1 aromatic heterocycles. The molecule has 0 aliphatic carbocycles. The van der Waals surface area contributed by atoms with Crippen LogP contribution in [0.5, 0.6) is 0 Å². The molecule has 1 N–H and O–H groups in total. The van der Waals surface area contributed by atoms with E-state index in [4.69, 9.17) is 5.11 Å². The first-order valence-corrected chi connectivity index (χ1v) is 5.99. The molecule has 1 heterocycles. The predicted molar refractivity (Wildman–Crippen MR) is 68.2 cm³/mol. The SMILES string of the molecule is CCc1cc(-c2ccc(Br)cc2)nn1C(=O)O. The van der Waals surface area contributed by atoms with E-state index in [-0.39, 0.29) is 0 Å². The van der Waals surface area contributed by atoms with Gasteiger partial charge in [-0.3, -0.25) is 0 Å². The summed E-state index contributed by atoms with van der Waals surface area (Å²) in [6, 6.07) is 9.41. The average molecular weight is 295 g/mol. The maximum Gasteiger partial charge on any atom is 0.432 e. The molecule has 0 atom stereocenters. The molecule has 0 aliphatic rings.